The monoisotopic (exact) mass is 114 g/mol. The van der Waals surface area contributed by atoms with Crippen LogP contribution in [0.25, 0.3) is 0 Å². The number of carbonyl (C=O) groups is 1. The molecular weight excluding hydrogens is 106 g/mol. The Morgan fingerprint density at radius 1 is 1.62 bits per heavy atom. The molecule has 45 valence electrons. The van der Waals surface area contributed by atoms with E-state index >= 15 is 0 Å². The number of rotatable bonds is 3. The lowest BCUT2D eigenvalue weighted by Crippen LogP contribution is -2.39. The van der Waals surface area contributed by atoms with Crippen molar-refractivity contribution >= 4 is 12.7 Å². The molecule has 1 amide bonds. The van der Waals surface area contributed by atoms with Crippen LogP contribution in [-0.2, 0) is 9.59 Å². The van der Waals surface area contributed by atoms with Gasteiger partial charge in [-0.3, -0.25) is 4.79 Å². The molecule has 1 radical (unpaired) electrons. The predicted molar refractivity (Wildman–Crippen MR) is 29.0 cm³/mol. The Morgan fingerprint density at radius 2 is 2.12 bits per heavy atom. The van der Waals surface area contributed by atoms with Crippen LogP contribution in [0.3, 0.4) is 0 Å². The van der Waals surface area contributed by atoms with E-state index in [9.17, 15) is 9.59 Å². The van der Waals surface area contributed by atoms with Gasteiger partial charge < -0.3 is 10.1 Å². The molecule has 0 saturated heterocycles. The third-order valence-electron chi connectivity index (χ3n) is 0.668. The minimum atomic E-state index is -0.762. The molecule has 0 aliphatic rings. The van der Waals surface area contributed by atoms with Crippen molar-refractivity contribution in [1.29, 1.82) is 0 Å². The number of aldehydes is 1. The molecule has 3 heteroatoms. The highest BCUT2D eigenvalue weighted by Gasteiger charge is 2.13. The highest BCUT2D eigenvalue weighted by Crippen LogP contribution is 1.92. The average Bonchev–Trinajstić information content (AvgIpc) is 1.67. The van der Waals surface area contributed by atoms with Crippen molar-refractivity contribution in [3.63, 3.8) is 0 Å². The van der Waals surface area contributed by atoms with Crippen LogP contribution in [0.4, 0.5) is 0 Å². The Balaban J connectivity index is 3.70. The molecule has 0 aliphatic carbocycles. The van der Waals surface area contributed by atoms with E-state index in [-0.39, 0.29) is 0 Å². The van der Waals surface area contributed by atoms with Crippen molar-refractivity contribution in [2.45, 2.75) is 19.4 Å². The molecule has 0 saturated carbocycles. The van der Waals surface area contributed by atoms with E-state index in [4.69, 9.17) is 0 Å². The third-order valence-corrected chi connectivity index (χ3v) is 0.668. The molecular formula is C5H8NO2. The molecule has 8 heavy (non-hydrogen) atoms. The summed E-state index contributed by atoms with van der Waals surface area (Å²) in [5.41, 5.74) is -0.762. The standard InChI is InChI=1S/C5H8NO2/c1-5(2,3-7)6-4-8/h3H,1-2H3,(H,6,8). The summed E-state index contributed by atoms with van der Waals surface area (Å²) in [6.45, 7) is 3.18. The van der Waals surface area contributed by atoms with Gasteiger partial charge in [-0.1, -0.05) is 0 Å². The minimum Gasteiger partial charge on any atom is -0.336 e. The van der Waals surface area contributed by atoms with Gasteiger partial charge in [0.05, 0.1) is 5.54 Å². The van der Waals surface area contributed by atoms with Crippen molar-refractivity contribution in [3.8, 4) is 0 Å². The van der Waals surface area contributed by atoms with Crippen LogP contribution >= 0.6 is 0 Å². The van der Waals surface area contributed by atoms with E-state index in [1.54, 1.807) is 13.8 Å². The maximum atomic E-state index is 9.98. The second kappa shape index (κ2) is 2.45. The van der Waals surface area contributed by atoms with Crippen LogP contribution in [0.2, 0.25) is 0 Å². The predicted octanol–water partition coefficient (Wildman–Crippen LogP) is -0.379. The molecule has 0 aromatic rings. The molecule has 0 aromatic carbocycles. The number of amides is 1. The lowest BCUT2D eigenvalue weighted by Gasteiger charge is -2.12. The van der Waals surface area contributed by atoms with Crippen LogP contribution < -0.4 is 5.32 Å². The highest BCUT2D eigenvalue weighted by molar-refractivity contribution is 5.68. The summed E-state index contributed by atoms with van der Waals surface area (Å²) in [6, 6.07) is 0. The second-order valence-electron chi connectivity index (χ2n) is 2.07. The molecule has 3 nitrogen and oxygen atoms in total. The third kappa shape index (κ3) is 2.34. The molecule has 0 aromatic heterocycles. The van der Waals surface area contributed by atoms with E-state index in [1.165, 1.54) is 6.41 Å². The summed E-state index contributed by atoms with van der Waals surface area (Å²) < 4.78 is 0. The van der Waals surface area contributed by atoms with Crippen molar-refractivity contribution in [1.82, 2.24) is 5.32 Å². The zero-order valence-corrected chi connectivity index (χ0v) is 4.89. The summed E-state index contributed by atoms with van der Waals surface area (Å²) >= 11 is 0. The van der Waals surface area contributed by atoms with Gasteiger partial charge in [0.25, 0.3) is 0 Å². The average molecular weight is 114 g/mol. The van der Waals surface area contributed by atoms with E-state index in [2.05, 4.69) is 5.32 Å². The fraction of sp³-hybridized carbons (Fsp3) is 0.600. The highest BCUT2D eigenvalue weighted by atomic mass is 16.1. The molecule has 0 atom stereocenters. The zero-order valence-electron chi connectivity index (χ0n) is 4.89. The van der Waals surface area contributed by atoms with Gasteiger partial charge in [0.2, 0.25) is 0 Å². The van der Waals surface area contributed by atoms with Gasteiger partial charge in [-0.05, 0) is 13.8 Å². The first-order valence-electron chi connectivity index (χ1n) is 2.23. The van der Waals surface area contributed by atoms with E-state index < -0.39 is 5.54 Å². The Kier molecular flexibility index (Phi) is 2.19. The van der Waals surface area contributed by atoms with Gasteiger partial charge in [-0.15, -0.1) is 0 Å². The second-order valence-corrected chi connectivity index (χ2v) is 2.07. The maximum Gasteiger partial charge on any atom is 0.310 e. The largest absolute Gasteiger partial charge is 0.336 e. The fourth-order valence-corrected chi connectivity index (χ4v) is 0.161. The minimum absolute atomic E-state index is 0.651. The van der Waals surface area contributed by atoms with Crippen molar-refractivity contribution in [2.24, 2.45) is 0 Å². The molecule has 0 bridgehead atoms. The fourth-order valence-electron chi connectivity index (χ4n) is 0.161. The molecule has 0 spiro atoms. The zero-order chi connectivity index (χ0) is 6.62. The smallest absolute Gasteiger partial charge is 0.310 e. The summed E-state index contributed by atoms with van der Waals surface area (Å²) in [7, 11) is 0. The summed E-state index contributed by atoms with van der Waals surface area (Å²) in [5, 5.41) is 2.20. The van der Waals surface area contributed by atoms with Gasteiger partial charge in [-0.2, -0.15) is 0 Å². The Labute approximate surface area is 48.1 Å². The summed E-state index contributed by atoms with van der Waals surface area (Å²) in [5.74, 6) is 0. The number of hydrogen-bond acceptors (Lipinski definition) is 2. The summed E-state index contributed by atoms with van der Waals surface area (Å²) in [6.07, 6.45) is 2.08. The maximum absolute atomic E-state index is 9.98. The van der Waals surface area contributed by atoms with Crippen LogP contribution in [-0.4, -0.2) is 18.2 Å². The van der Waals surface area contributed by atoms with Crippen LogP contribution in [0, 0.1) is 0 Å². The molecule has 0 fully saturated rings. The van der Waals surface area contributed by atoms with Gasteiger partial charge >= 0.3 is 6.41 Å². The molecule has 1 N–H and O–H groups in total. The Bertz CT molecular complexity index is 98.6. The first-order valence-corrected chi connectivity index (χ1v) is 2.23. The first kappa shape index (κ1) is 7.14. The van der Waals surface area contributed by atoms with Crippen LogP contribution in [0.5, 0.6) is 0 Å². The van der Waals surface area contributed by atoms with Crippen molar-refractivity contribution in [3.05, 3.63) is 0 Å². The molecule has 0 rings (SSSR count). The van der Waals surface area contributed by atoms with Gasteiger partial charge in [0, 0.05) is 0 Å². The summed E-state index contributed by atoms with van der Waals surface area (Å²) in [4.78, 5) is 19.6. The lowest BCUT2D eigenvalue weighted by molar-refractivity contribution is -0.111. The van der Waals surface area contributed by atoms with Crippen LogP contribution in [0.1, 0.15) is 13.8 Å². The van der Waals surface area contributed by atoms with Gasteiger partial charge in [-0.25, -0.2) is 0 Å². The van der Waals surface area contributed by atoms with Gasteiger partial charge in [0.1, 0.15) is 6.29 Å². The van der Waals surface area contributed by atoms with E-state index in [0.717, 1.165) is 0 Å². The topological polar surface area (TPSA) is 46.2 Å². The first-order chi connectivity index (χ1) is 3.62. The molecule has 0 heterocycles. The number of nitrogens with one attached hydrogen (secondary N) is 1. The van der Waals surface area contributed by atoms with E-state index in [0.29, 0.717) is 6.29 Å². The lowest BCUT2D eigenvalue weighted by atomic mass is 10.1. The quantitative estimate of drug-likeness (QED) is 0.401. The SMILES string of the molecule is CC(C)(C=O)N[C]=O. The Morgan fingerprint density at radius 3 is 2.25 bits per heavy atom. The molecule has 0 aliphatic heterocycles. The number of carbonyl (C=O) groups excluding carboxylic acids is 2. The van der Waals surface area contributed by atoms with Crippen molar-refractivity contribution < 1.29 is 9.59 Å². The Hall–Kier alpha value is -0.860. The van der Waals surface area contributed by atoms with Gasteiger partial charge in [0.15, 0.2) is 0 Å². The van der Waals surface area contributed by atoms with E-state index in [1.807, 2.05) is 0 Å². The van der Waals surface area contributed by atoms with Crippen molar-refractivity contribution in [2.75, 3.05) is 0 Å². The number of hydrogen-bond donors (Lipinski definition) is 1. The normalized spacial score (nSPS) is 10.2. The molecule has 0 unspecified atom stereocenters. The van der Waals surface area contributed by atoms with Crippen LogP contribution in [0.15, 0.2) is 0 Å².